The summed E-state index contributed by atoms with van der Waals surface area (Å²) >= 11 is 0. The van der Waals surface area contributed by atoms with Crippen molar-refractivity contribution in [2.75, 3.05) is 13.7 Å². The van der Waals surface area contributed by atoms with E-state index in [0.29, 0.717) is 78.1 Å². The fraction of sp³-hybridized carbons (Fsp3) is 0.571. The molecule has 2 aliphatic heterocycles. The molecular weight excluding hydrogens is 870 g/mol. The lowest BCUT2D eigenvalue weighted by atomic mass is 9.86. The monoisotopic (exact) mass is 929 g/mol. The number of rotatable bonds is 11. The molecule has 3 N–H and O–H groups in total. The van der Waals surface area contributed by atoms with Crippen LogP contribution in [0.2, 0.25) is 0 Å². The van der Waals surface area contributed by atoms with Crippen molar-refractivity contribution < 1.29 is 51.3 Å². The number of pyridine rings is 1. The second kappa shape index (κ2) is 17.6. The number of hydrogen-bond acceptors (Lipinski definition) is 10. The van der Waals surface area contributed by atoms with Gasteiger partial charge in [0, 0.05) is 29.3 Å². The van der Waals surface area contributed by atoms with Crippen molar-refractivity contribution in [1.82, 2.24) is 24.8 Å². The van der Waals surface area contributed by atoms with E-state index in [9.17, 15) is 27.9 Å². The van der Waals surface area contributed by atoms with Crippen molar-refractivity contribution in [2.45, 2.75) is 133 Å². The molecule has 3 heterocycles. The molecule has 9 rings (SSSR count). The normalized spacial score (nSPS) is 31.4. The van der Waals surface area contributed by atoms with Crippen molar-refractivity contribution in [3.63, 3.8) is 0 Å². The van der Waals surface area contributed by atoms with Crippen molar-refractivity contribution in [2.24, 2.45) is 29.6 Å². The number of benzene rings is 2. The average molecular weight is 930 g/mol. The maximum atomic E-state index is 15.5. The second-order valence-electron chi connectivity index (χ2n) is 20.0. The van der Waals surface area contributed by atoms with Gasteiger partial charge < -0.3 is 29.5 Å². The van der Waals surface area contributed by atoms with Gasteiger partial charge >= 0.3 is 6.09 Å². The number of carbonyl (C=O) groups excluding carboxylic acids is 3. The van der Waals surface area contributed by atoms with Crippen LogP contribution < -0.4 is 24.2 Å². The molecule has 66 heavy (non-hydrogen) atoms. The summed E-state index contributed by atoms with van der Waals surface area (Å²) in [7, 11) is -2.42. The highest BCUT2D eigenvalue weighted by Crippen LogP contribution is 2.54. The zero-order valence-corrected chi connectivity index (χ0v) is 38.9. The molecule has 15 nitrogen and oxygen atoms in total. The van der Waals surface area contributed by atoms with Crippen molar-refractivity contribution >= 4 is 44.6 Å². The third-order valence-corrected chi connectivity index (χ3v) is 16.4. The van der Waals surface area contributed by atoms with Crippen LogP contribution in [0.25, 0.3) is 22.0 Å². The predicted octanol–water partition coefficient (Wildman–Crippen LogP) is 6.83. The first-order valence-corrected chi connectivity index (χ1v) is 25.0. The molecule has 1 aromatic heterocycles. The summed E-state index contributed by atoms with van der Waals surface area (Å²) in [5.41, 5.74) is -0.772. The van der Waals surface area contributed by atoms with Gasteiger partial charge in [0.2, 0.25) is 27.7 Å². The van der Waals surface area contributed by atoms with E-state index in [-0.39, 0.29) is 49.1 Å². The molecule has 0 spiro atoms. The predicted molar refractivity (Wildman–Crippen MR) is 243 cm³/mol. The Labute approximate surface area is 384 Å². The highest BCUT2D eigenvalue weighted by atomic mass is 32.2. The Morgan fingerprint density at radius 2 is 1.77 bits per heavy atom. The minimum atomic E-state index is -3.97. The number of aromatic nitrogens is 1. The van der Waals surface area contributed by atoms with Gasteiger partial charge in [-0.25, -0.2) is 22.6 Å². The molecule has 2 aromatic carbocycles. The topological polar surface area (TPSA) is 194 Å². The number of allylic oxidation sites excluding steroid dienone is 1. The van der Waals surface area contributed by atoms with Crippen LogP contribution in [0.5, 0.6) is 17.4 Å². The first-order valence-electron chi connectivity index (χ1n) is 23.4. The van der Waals surface area contributed by atoms with E-state index < -0.39 is 80.5 Å². The van der Waals surface area contributed by atoms with Gasteiger partial charge in [-0.05, 0) is 143 Å². The molecule has 0 radical (unpaired) electrons. The molecule has 4 saturated carbocycles. The summed E-state index contributed by atoms with van der Waals surface area (Å²) in [4.78, 5) is 65.5. The minimum Gasteiger partial charge on any atom is -0.497 e. The molecule has 3 aromatic rings. The van der Waals surface area contributed by atoms with Gasteiger partial charge in [0.1, 0.15) is 29.5 Å². The van der Waals surface area contributed by atoms with Crippen LogP contribution in [-0.4, -0.2) is 107 Å². The largest absolute Gasteiger partial charge is 0.497 e. The molecule has 0 bridgehead atoms. The summed E-state index contributed by atoms with van der Waals surface area (Å²) in [5, 5.41) is 14.4. The lowest BCUT2D eigenvalue weighted by Gasteiger charge is -2.40. The Bertz CT molecular complexity index is 2560. The molecule has 4 amide bonds. The molecular formula is C49H60FN5O10S. The molecule has 10 atom stereocenters. The van der Waals surface area contributed by atoms with Crippen molar-refractivity contribution in [3.05, 3.63) is 60.4 Å². The Morgan fingerprint density at radius 1 is 1.02 bits per heavy atom. The summed E-state index contributed by atoms with van der Waals surface area (Å²) in [6, 6.07) is 8.96. The molecule has 354 valence electrons. The first kappa shape index (κ1) is 45.7. The van der Waals surface area contributed by atoms with Crippen LogP contribution in [0.1, 0.15) is 91.9 Å². The van der Waals surface area contributed by atoms with E-state index in [1.807, 2.05) is 19.1 Å². The summed E-state index contributed by atoms with van der Waals surface area (Å²) < 4.78 is 61.7. The number of sulfonamides is 1. The Balaban J connectivity index is 1.09. The first-order chi connectivity index (χ1) is 31.4. The number of carboxylic acid groups (broad SMARTS) is 1. The quantitative estimate of drug-likeness (QED) is 0.171. The van der Waals surface area contributed by atoms with Crippen LogP contribution in [0.3, 0.4) is 0 Å². The highest BCUT2D eigenvalue weighted by Gasteiger charge is 2.62. The van der Waals surface area contributed by atoms with Crippen LogP contribution in [-0.2, 0) is 24.4 Å². The molecule has 2 unspecified atom stereocenters. The lowest BCUT2D eigenvalue weighted by Crippen LogP contribution is -2.61. The van der Waals surface area contributed by atoms with Crippen molar-refractivity contribution in [3.8, 4) is 28.6 Å². The van der Waals surface area contributed by atoms with Crippen LogP contribution >= 0.6 is 0 Å². The Kier molecular flexibility index (Phi) is 12.2. The molecule has 17 heteroatoms. The fourth-order valence-corrected chi connectivity index (χ4v) is 12.2. The van der Waals surface area contributed by atoms with Crippen LogP contribution in [0.15, 0.2) is 54.6 Å². The second-order valence-corrected chi connectivity index (χ2v) is 21.9. The molecule has 4 aliphatic carbocycles. The third-order valence-electron chi connectivity index (χ3n) is 14.6. The maximum absolute atomic E-state index is 15.5. The molecule has 6 aliphatic rings. The van der Waals surface area contributed by atoms with Gasteiger partial charge in [-0.15, -0.1) is 0 Å². The van der Waals surface area contributed by atoms with Gasteiger partial charge in [-0.2, -0.15) is 0 Å². The fourth-order valence-electron chi connectivity index (χ4n) is 10.8. The minimum absolute atomic E-state index is 0.0618. The molecule has 5 fully saturated rings. The van der Waals surface area contributed by atoms with Gasteiger partial charge in [0.15, 0.2) is 11.6 Å². The number of halogens is 1. The summed E-state index contributed by atoms with van der Waals surface area (Å²) in [6.07, 6.45) is 6.80. The van der Waals surface area contributed by atoms with Crippen molar-refractivity contribution in [1.29, 1.82) is 0 Å². The Morgan fingerprint density at radius 3 is 2.45 bits per heavy atom. The average Bonchev–Trinajstić information content (AvgIpc) is 4.23. The van der Waals surface area contributed by atoms with E-state index >= 15 is 9.18 Å². The number of nitrogens with zero attached hydrogens (tertiary/aromatic N) is 3. The zero-order chi connectivity index (χ0) is 46.8. The number of methoxy groups -OCH3 is 1. The number of amides is 4. The Hall–Kier alpha value is -5.45. The van der Waals surface area contributed by atoms with E-state index in [1.165, 1.54) is 21.9 Å². The van der Waals surface area contributed by atoms with E-state index in [0.717, 1.165) is 12.8 Å². The van der Waals surface area contributed by atoms with Gasteiger partial charge in [0.05, 0.1) is 30.7 Å². The number of ether oxygens (including phenoxy) is 3. The van der Waals surface area contributed by atoms with Gasteiger partial charge in [-0.3, -0.25) is 24.0 Å². The standard InChI is InChI=1S/C49H60FN5O10S/c1-26(2)64-42-15-10-29(21-39(42)50)40-22-32-20-35(63-5)11-14-38(32)45(51-40)65-36-23-41-44(56)52-49(47(58)53-66(61,62)37-12-13-37)24-33(49)9-7-6-8-27(3)16-28(4)43(46(57)54(41)25-36)55(48(59)60)34-18-30-17-31(30)19-34/h7,9-11,14-15,20-22,26-28,30-31,33-34,36-37,41,43H,6,8,12-13,16-19,23-25H2,1-5H3,(H,52,56)(H,53,58)(H,59,60)/b9-7-/t27-,28-,30+,31?,33-,34?,36-,41+,43+,49-/m1/s1. The molecule has 1 saturated heterocycles. The third kappa shape index (κ3) is 9.15. The van der Waals surface area contributed by atoms with E-state index in [4.69, 9.17) is 19.2 Å². The summed E-state index contributed by atoms with van der Waals surface area (Å²) in [5.74, 6) is -1.79. The number of nitrogens with one attached hydrogen (secondary N) is 2. The van der Waals surface area contributed by atoms with E-state index in [1.54, 1.807) is 51.3 Å². The summed E-state index contributed by atoms with van der Waals surface area (Å²) in [6.45, 7) is 7.47. The number of fused-ring (bicyclic) bond motifs is 4. The smallest absolute Gasteiger partial charge is 0.408 e. The van der Waals surface area contributed by atoms with Gasteiger partial charge in [0.25, 0.3) is 5.91 Å². The van der Waals surface area contributed by atoms with Crippen LogP contribution in [0, 0.1) is 35.4 Å². The zero-order valence-electron chi connectivity index (χ0n) is 38.1. The number of hydrogen-bond donors (Lipinski definition) is 3. The van der Waals surface area contributed by atoms with Crippen LogP contribution in [0.4, 0.5) is 9.18 Å². The number of carbonyl (C=O) groups is 4. The highest BCUT2D eigenvalue weighted by molar-refractivity contribution is 7.91. The van der Waals surface area contributed by atoms with E-state index in [2.05, 4.69) is 17.0 Å². The SMILES string of the molecule is COc1ccc2c(O[C@@H]3C[C@H]4C(=O)N[C@]5(C(=O)NS(=O)(=O)C6CC6)C[C@H]5/C=C\CC[C@@H](C)C[C@@H](C)[C@H](N(C(=O)O)C5CC6C[C@H]6C5)C(=O)N4C3)nc(-c3ccc(OC(C)C)c(F)c3)cc2c1. The lowest BCUT2D eigenvalue weighted by molar-refractivity contribution is -0.145. The maximum Gasteiger partial charge on any atom is 0.408 e. The van der Waals surface area contributed by atoms with Gasteiger partial charge in [-0.1, -0.05) is 26.0 Å².